The van der Waals surface area contributed by atoms with Crippen LogP contribution in [0.2, 0.25) is 0 Å². The molecule has 2 amide bonds. The van der Waals surface area contributed by atoms with Gasteiger partial charge in [0.2, 0.25) is 5.91 Å². The van der Waals surface area contributed by atoms with Gasteiger partial charge < -0.3 is 21.5 Å². The first-order chi connectivity index (χ1) is 7.61. The van der Waals surface area contributed by atoms with Crippen LogP contribution in [0, 0.1) is 0 Å². The summed E-state index contributed by atoms with van der Waals surface area (Å²) in [6.45, 7) is 0.235. The molecule has 0 saturated carbocycles. The Labute approximate surface area is 96.6 Å². The fourth-order valence-electron chi connectivity index (χ4n) is 1.03. The van der Waals surface area contributed by atoms with Crippen molar-refractivity contribution in [2.75, 3.05) is 13.2 Å². The van der Waals surface area contributed by atoms with Gasteiger partial charge in [0, 0.05) is 4.88 Å². The average Bonchev–Trinajstić information content (AvgIpc) is 2.76. The van der Waals surface area contributed by atoms with Crippen molar-refractivity contribution in [1.29, 1.82) is 0 Å². The zero-order chi connectivity index (χ0) is 12.0. The van der Waals surface area contributed by atoms with Crippen LogP contribution in [0.5, 0.6) is 0 Å². The number of thiophene rings is 1. The van der Waals surface area contributed by atoms with Crippen molar-refractivity contribution in [2.24, 2.45) is 11.5 Å². The number of hydrogen-bond acceptors (Lipinski definition) is 5. The van der Waals surface area contributed by atoms with Crippen LogP contribution < -0.4 is 16.8 Å². The van der Waals surface area contributed by atoms with Gasteiger partial charge in [-0.3, -0.25) is 4.79 Å². The van der Waals surface area contributed by atoms with E-state index in [-0.39, 0.29) is 19.1 Å². The molecule has 7 heteroatoms. The second kappa shape index (κ2) is 6.09. The van der Waals surface area contributed by atoms with Crippen molar-refractivity contribution >= 4 is 23.3 Å². The normalized spacial score (nSPS) is 11.8. The van der Waals surface area contributed by atoms with Gasteiger partial charge in [-0.1, -0.05) is 6.07 Å². The van der Waals surface area contributed by atoms with Gasteiger partial charge in [0.1, 0.15) is 12.6 Å². The molecule has 1 heterocycles. The summed E-state index contributed by atoms with van der Waals surface area (Å²) in [4.78, 5) is 22.5. The smallest absolute Gasteiger partial charge is 0.404 e. The third-order valence-electron chi connectivity index (χ3n) is 1.78. The first-order valence-electron chi connectivity index (χ1n) is 4.60. The van der Waals surface area contributed by atoms with E-state index in [4.69, 9.17) is 11.5 Å². The van der Waals surface area contributed by atoms with Gasteiger partial charge in [-0.2, -0.15) is 0 Å². The van der Waals surface area contributed by atoms with E-state index < -0.39 is 12.1 Å². The Morgan fingerprint density at radius 2 is 2.31 bits per heavy atom. The van der Waals surface area contributed by atoms with E-state index in [0.717, 1.165) is 4.88 Å². The zero-order valence-electron chi connectivity index (χ0n) is 8.51. The summed E-state index contributed by atoms with van der Waals surface area (Å²) >= 11 is 1.41. The molecule has 1 aromatic heterocycles. The van der Waals surface area contributed by atoms with Gasteiger partial charge >= 0.3 is 6.09 Å². The molecule has 5 N–H and O–H groups in total. The van der Waals surface area contributed by atoms with E-state index in [1.807, 2.05) is 11.4 Å². The molecule has 1 rings (SSSR count). The maximum Gasteiger partial charge on any atom is 0.404 e. The zero-order valence-corrected chi connectivity index (χ0v) is 9.33. The lowest BCUT2D eigenvalue weighted by Crippen LogP contribution is -2.36. The second-order valence-corrected chi connectivity index (χ2v) is 3.93. The molecule has 0 aliphatic rings. The molecule has 0 saturated heterocycles. The summed E-state index contributed by atoms with van der Waals surface area (Å²) in [5.74, 6) is -0.310. The molecule has 0 aromatic carbocycles. The Morgan fingerprint density at radius 1 is 1.56 bits per heavy atom. The van der Waals surface area contributed by atoms with E-state index in [1.54, 1.807) is 6.07 Å². The summed E-state index contributed by atoms with van der Waals surface area (Å²) in [7, 11) is 0. The molecule has 88 valence electrons. The lowest BCUT2D eigenvalue weighted by molar-refractivity contribution is -0.122. The van der Waals surface area contributed by atoms with E-state index in [2.05, 4.69) is 10.1 Å². The van der Waals surface area contributed by atoms with E-state index >= 15 is 0 Å². The van der Waals surface area contributed by atoms with Crippen LogP contribution >= 0.6 is 11.3 Å². The number of ether oxygens (including phenoxy) is 1. The number of nitrogens with two attached hydrogens (primary N) is 2. The lowest BCUT2D eigenvalue weighted by Gasteiger charge is -2.10. The predicted octanol–water partition coefficient (Wildman–Crippen LogP) is -0.0406. The summed E-state index contributed by atoms with van der Waals surface area (Å²) < 4.78 is 4.45. The summed E-state index contributed by atoms with van der Waals surface area (Å²) in [6.07, 6.45) is -0.864. The number of hydrogen-bond donors (Lipinski definition) is 3. The van der Waals surface area contributed by atoms with Gasteiger partial charge in [-0.05, 0) is 11.4 Å². The van der Waals surface area contributed by atoms with E-state index in [1.165, 1.54) is 11.3 Å². The monoisotopic (exact) mass is 243 g/mol. The molecule has 16 heavy (non-hydrogen) atoms. The average molecular weight is 243 g/mol. The topological polar surface area (TPSA) is 107 Å². The van der Waals surface area contributed by atoms with Gasteiger partial charge in [0.05, 0.1) is 6.54 Å². The van der Waals surface area contributed by atoms with Crippen LogP contribution in [0.3, 0.4) is 0 Å². The van der Waals surface area contributed by atoms with Gasteiger partial charge in [0.25, 0.3) is 0 Å². The molecular formula is C9H13N3O3S. The molecule has 0 aliphatic heterocycles. The van der Waals surface area contributed by atoms with E-state index in [0.29, 0.717) is 0 Å². The molecule has 1 unspecified atom stereocenters. The minimum atomic E-state index is -0.864. The molecule has 0 fully saturated rings. The minimum absolute atomic E-state index is 0.0399. The summed E-state index contributed by atoms with van der Waals surface area (Å²) in [6, 6.07) is 2.92. The number of nitrogens with one attached hydrogen (secondary N) is 1. The molecule has 0 aliphatic carbocycles. The van der Waals surface area contributed by atoms with Crippen molar-refractivity contribution in [3.63, 3.8) is 0 Å². The highest BCUT2D eigenvalue weighted by atomic mass is 32.1. The third kappa shape index (κ3) is 3.87. The number of primary amides is 1. The maximum absolute atomic E-state index is 11.5. The van der Waals surface area contributed by atoms with Crippen molar-refractivity contribution in [3.05, 3.63) is 22.4 Å². The molecule has 1 atom stereocenters. The number of carbonyl (C=O) groups is 2. The van der Waals surface area contributed by atoms with Crippen molar-refractivity contribution < 1.29 is 14.3 Å². The molecule has 0 radical (unpaired) electrons. The Hall–Kier alpha value is -1.60. The lowest BCUT2D eigenvalue weighted by atomic mass is 10.2. The molecule has 0 spiro atoms. The highest BCUT2D eigenvalue weighted by Crippen LogP contribution is 2.16. The second-order valence-electron chi connectivity index (χ2n) is 2.95. The largest absolute Gasteiger partial charge is 0.448 e. The molecule has 1 aromatic rings. The SMILES string of the molecule is NC(=O)OCCNC(=O)C(N)c1cccs1. The number of rotatable bonds is 5. The Balaban J connectivity index is 2.27. The Bertz CT molecular complexity index is 353. The van der Waals surface area contributed by atoms with Gasteiger partial charge in [-0.25, -0.2) is 4.79 Å². The highest BCUT2D eigenvalue weighted by molar-refractivity contribution is 7.10. The van der Waals surface area contributed by atoms with Crippen molar-refractivity contribution in [1.82, 2.24) is 5.32 Å². The van der Waals surface area contributed by atoms with Crippen LogP contribution in [0.25, 0.3) is 0 Å². The van der Waals surface area contributed by atoms with Crippen LogP contribution in [0.1, 0.15) is 10.9 Å². The minimum Gasteiger partial charge on any atom is -0.448 e. The van der Waals surface area contributed by atoms with Crippen molar-refractivity contribution in [3.8, 4) is 0 Å². The van der Waals surface area contributed by atoms with Crippen LogP contribution in [-0.2, 0) is 9.53 Å². The third-order valence-corrected chi connectivity index (χ3v) is 2.73. The van der Waals surface area contributed by atoms with Gasteiger partial charge in [0.15, 0.2) is 0 Å². The van der Waals surface area contributed by atoms with Crippen LogP contribution in [0.15, 0.2) is 17.5 Å². The first kappa shape index (κ1) is 12.5. The number of carbonyl (C=O) groups excluding carboxylic acids is 2. The fourth-order valence-corrected chi connectivity index (χ4v) is 1.76. The Morgan fingerprint density at radius 3 is 2.88 bits per heavy atom. The fraction of sp³-hybridized carbons (Fsp3) is 0.333. The first-order valence-corrected chi connectivity index (χ1v) is 5.48. The molecule has 6 nitrogen and oxygen atoms in total. The highest BCUT2D eigenvalue weighted by Gasteiger charge is 2.15. The standard InChI is InChI=1S/C9H13N3O3S/c10-7(6-2-1-5-16-6)8(13)12-3-4-15-9(11)14/h1-2,5,7H,3-4,10H2,(H2,11,14)(H,12,13). The van der Waals surface area contributed by atoms with Crippen LogP contribution in [0.4, 0.5) is 4.79 Å². The maximum atomic E-state index is 11.5. The summed E-state index contributed by atoms with van der Waals surface area (Å²) in [5, 5.41) is 4.38. The number of amides is 2. The quantitative estimate of drug-likeness (QED) is 0.630. The Kier molecular flexibility index (Phi) is 4.74. The molecule has 0 bridgehead atoms. The van der Waals surface area contributed by atoms with E-state index in [9.17, 15) is 9.59 Å². The predicted molar refractivity (Wildman–Crippen MR) is 59.8 cm³/mol. The molecular weight excluding hydrogens is 230 g/mol. The summed E-state index contributed by atoms with van der Waals surface area (Å²) in [5.41, 5.74) is 10.4. The van der Waals surface area contributed by atoms with Crippen molar-refractivity contribution in [2.45, 2.75) is 6.04 Å². The van der Waals surface area contributed by atoms with Crippen LogP contribution in [-0.4, -0.2) is 25.2 Å². The van der Waals surface area contributed by atoms with Gasteiger partial charge in [-0.15, -0.1) is 11.3 Å².